The van der Waals surface area contributed by atoms with Crippen molar-refractivity contribution < 1.29 is 4.79 Å². The molecule has 0 fully saturated rings. The number of thioether (sulfide) groups is 1. The van der Waals surface area contributed by atoms with E-state index < -0.39 is 0 Å². The number of nitrogens with zero attached hydrogens (tertiary/aromatic N) is 2. The van der Waals surface area contributed by atoms with E-state index in [4.69, 9.17) is 0 Å². The van der Waals surface area contributed by atoms with E-state index in [0.717, 1.165) is 10.1 Å². The van der Waals surface area contributed by atoms with Crippen molar-refractivity contribution in [2.75, 3.05) is 5.32 Å². The van der Waals surface area contributed by atoms with Gasteiger partial charge in [0.2, 0.25) is 5.13 Å². The quantitative estimate of drug-likeness (QED) is 0.444. The molecule has 0 unspecified atom stereocenters. The standard InChI is InChI=1S/C21H23N3OS2/c1-14-5-7-15(8-6-14)13-26-20-24-23-19(27-20)22-18(25)16-9-11-17(12-10-16)21(2,3)4/h5-12H,13H2,1-4H3,(H,22,23,25). The highest BCUT2D eigenvalue weighted by Gasteiger charge is 2.15. The fraction of sp³-hybridized carbons (Fsp3) is 0.286. The van der Waals surface area contributed by atoms with Crippen LogP contribution in [0.15, 0.2) is 52.9 Å². The Balaban J connectivity index is 1.58. The van der Waals surface area contributed by atoms with Crippen molar-refractivity contribution in [3.63, 3.8) is 0 Å². The summed E-state index contributed by atoms with van der Waals surface area (Å²) in [4.78, 5) is 12.4. The van der Waals surface area contributed by atoms with Crippen LogP contribution < -0.4 is 5.32 Å². The molecule has 0 aliphatic carbocycles. The van der Waals surface area contributed by atoms with E-state index in [1.54, 1.807) is 11.8 Å². The van der Waals surface area contributed by atoms with Gasteiger partial charge < -0.3 is 0 Å². The lowest BCUT2D eigenvalue weighted by molar-refractivity contribution is 0.102. The molecule has 140 valence electrons. The summed E-state index contributed by atoms with van der Waals surface area (Å²) in [5.41, 5.74) is 4.37. The first kappa shape index (κ1) is 19.6. The van der Waals surface area contributed by atoms with Crippen molar-refractivity contribution in [2.24, 2.45) is 0 Å². The smallest absolute Gasteiger partial charge is 0.257 e. The third kappa shape index (κ3) is 5.40. The molecule has 0 bridgehead atoms. The zero-order valence-electron chi connectivity index (χ0n) is 15.9. The fourth-order valence-corrected chi connectivity index (χ4v) is 4.14. The fourth-order valence-electron chi connectivity index (χ4n) is 2.44. The maximum absolute atomic E-state index is 12.4. The predicted octanol–water partition coefficient (Wildman–Crippen LogP) is 5.69. The van der Waals surface area contributed by atoms with Gasteiger partial charge in [0.05, 0.1) is 0 Å². The molecule has 0 aliphatic rings. The van der Waals surface area contributed by atoms with E-state index in [1.165, 1.54) is 28.0 Å². The SMILES string of the molecule is Cc1ccc(CSc2nnc(NC(=O)c3ccc(C(C)(C)C)cc3)s2)cc1. The summed E-state index contributed by atoms with van der Waals surface area (Å²) in [7, 11) is 0. The maximum Gasteiger partial charge on any atom is 0.257 e. The molecule has 4 nitrogen and oxygen atoms in total. The Kier molecular flexibility index (Phi) is 5.97. The molecular formula is C21H23N3OS2. The summed E-state index contributed by atoms with van der Waals surface area (Å²) in [5, 5.41) is 11.6. The van der Waals surface area contributed by atoms with Crippen molar-refractivity contribution >= 4 is 34.1 Å². The maximum atomic E-state index is 12.4. The minimum atomic E-state index is -0.165. The number of amides is 1. The highest BCUT2D eigenvalue weighted by Crippen LogP contribution is 2.29. The van der Waals surface area contributed by atoms with Crippen molar-refractivity contribution in [1.29, 1.82) is 0 Å². The van der Waals surface area contributed by atoms with Gasteiger partial charge in [-0.2, -0.15) is 0 Å². The number of carbonyl (C=O) groups is 1. The Morgan fingerprint density at radius 1 is 1.04 bits per heavy atom. The highest BCUT2D eigenvalue weighted by molar-refractivity contribution is 8.00. The summed E-state index contributed by atoms with van der Waals surface area (Å²) in [6.07, 6.45) is 0. The Hall–Kier alpha value is -2.18. The van der Waals surface area contributed by atoms with Gasteiger partial charge in [-0.1, -0.05) is 85.8 Å². The van der Waals surface area contributed by atoms with Gasteiger partial charge in [-0.15, -0.1) is 10.2 Å². The second-order valence-corrected chi connectivity index (χ2v) is 9.63. The first-order valence-electron chi connectivity index (χ1n) is 8.75. The normalized spacial score (nSPS) is 11.4. The van der Waals surface area contributed by atoms with Crippen LogP contribution >= 0.6 is 23.1 Å². The molecule has 0 aliphatic heterocycles. The molecule has 1 heterocycles. The lowest BCUT2D eigenvalue weighted by Gasteiger charge is -2.18. The number of anilines is 1. The third-order valence-electron chi connectivity index (χ3n) is 4.12. The number of rotatable bonds is 5. The van der Waals surface area contributed by atoms with Crippen LogP contribution in [0.4, 0.5) is 5.13 Å². The minimum Gasteiger partial charge on any atom is -0.296 e. The Labute approximate surface area is 168 Å². The van der Waals surface area contributed by atoms with E-state index in [1.807, 2.05) is 24.3 Å². The highest BCUT2D eigenvalue weighted by atomic mass is 32.2. The van der Waals surface area contributed by atoms with Gasteiger partial charge in [0.25, 0.3) is 5.91 Å². The molecular weight excluding hydrogens is 374 g/mol. The van der Waals surface area contributed by atoms with Crippen LogP contribution in [0.2, 0.25) is 0 Å². The molecule has 0 atom stereocenters. The molecule has 3 aromatic rings. The second kappa shape index (κ2) is 8.23. The van der Waals surface area contributed by atoms with Crippen LogP contribution in [0.1, 0.15) is 47.8 Å². The van der Waals surface area contributed by atoms with Crippen LogP contribution in [0.3, 0.4) is 0 Å². The number of benzene rings is 2. The van der Waals surface area contributed by atoms with Crippen molar-refractivity contribution in [3.05, 3.63) is 70.8 Å². The van der Waals surface area contributed by atoms with Crippen molar-refractivity contribution in [2.45, 2.75) is 43.2 Å². The van der Waals surface area contributed by atoms with Gasteiger partial charge in [0, 0.05) is 11.3 Å². The van der Waals surface area contributed by atoms with Crippen LogP contribution in [-0.4, -0.2) is 16.1 Å². The van der Waals surface area contributed by atoms with Crippen LogP contribution in [0.25, 0.3) is 0 Å². The predicted molar refractivity (Wildman–Crippen MR) is 114 cm³/mol. The Morgan fingerprint density at radius 2 is 1.70 bits per heavy atom. The summed E-state index contributed by atoms with van der Waals surface area (Å²) >= 11 is 3.02. The largest absolute Gasteiger partial charge is 0.296 e. The van der Waals surface area contributed by atoms with E-state index in [2.05, 4.69) is 67.5 Å². The first-order valence-corrected chi connectivity index (χ1v) is 10.6. The summed E-state index contributed by atoms with van der Waals surface area (Å²) in [6.45, 7) is 8.53. The third-order valence-corrected chi connectivity index (χ3v) is 6.17. The molecule has 1 N–H and O–H groups in total. The van der Waals surface area contributed by atoms with Crippen LogP contribution in [0.5, 0.6) is 0 Å². The minimum absolute atomic E-state index is 0.0673. The summed E-state index contributed by atoms with van der Waals surface area (Å²) in [5.74, 6) is 0.665. The van der Waals surface area contributed by atoms with E-state index in [-0.39, 0.29) is 11.3 Å². The number of hydrogen-bond acceptors (Lipinski definition) is 5. The Bertz CT molecular complexity index is 910. The summed E-state index contributed by atoms with van der Waals surface area (Å²) in [6, 6.07) is 16.1. The van der Waals surface area contributed by atoms with E-state index in [0.29, 0.717) is 10.7 Å². The van der Waals surface area contributed by atoms with Gasteiger partial charge in [-0.05, 0) is 35.6 Å². The van der Waals surface area contributed by atoms with Crippen LogP contribution in [0, 0.1) is 6.92 Å². The van der Waals surface area contributed by atoms with Gasteiger partial charge in [-0.25, -0.2) is 0 Å². The van der Waals surface area contributed by atoms with Gasteiger partial charge in [0.15, 0.2) is 4.34 Å². The molecule has 0 radical (unpaired) electrons. The number of aryl methyl sites for hydroxylation is 1. The zero-order valence-corrected chi connectivity index (χ0v) is 17.6. The molecule has 1 aromatic heterocycles. The van der Waals surface area contributed by atoms with Crippen molar-refractivity contribution in [1.82, 2.24) is 10.2 Å². The molecule has 6 heteroatoms. The molecule has 0 spiro atoms. The number of nitrogens with one attached hydrogen (secondary N) is 1. The second-order valence-electron chi connectivity index (χ2n) is 7.43. The van der Waals surface area contributed by atoms with Gasteiger partial charge >= 0.3 is 0 Å². The average molecular weight is 398 g/mol. The topological polar surface area (TPSA) is 54.9 Å². The number of hydrogen-bond donors (Lipinski definition) is 1. The van der Waals surface area contributed by atoms with Gasteiger partial charge in [-0.3, -0.25) is 10.1 Å². The van der Waals surface area contributed by atoms with E-state index >= 15 is 0 Å². The number of carbonyl (C=O) groups excluding carboxylic acids is 1. The first-order chi connectivity index (χ1) is 12.8. The zero-order chi connectivity index (χ0) is 19.4. The van der Waals surface area contributed by atoms with Gasteiger partial charge in [0.1, 0.15) is 0 Å². The van der Waals surface area contributed by atoms with Crippen LogP contribution in [-0.2, 0) is 11.2 Å². The molecule has 1 amide bonds. The summed E-state index contributed by atoms with van der Waals surface area (Å²) < 4.78 is 0.842. The Morgan fingerprint density at radius 3 is 2.33 bits per heavy atom. The monoisotopic (exact) mass is 397 g/mol. The molecule has 0 saturated heterocycles. The van der Waals surface area contributed by atoms with E-state index in [9.17, 15) is 4.79 Å². The average Bonchev–Trinajstić information content (AvgIpc) is 3.08. The lowest BCUT2D eigenvalue weighted by Crippen LogP contribution is -2.14. The molecule has 27 heavy (non-hydrogen) atoms. The number of aromatic nitrogens is 2. The molecule has 2 aromatic carbocycles. The lowest BCUT2D eigenvalue weighted by atomic mass is 9.87. The molecule has 0 saturated carbocycles. The molecule has 3 rings (SSSR count). The van der Waals surface area contributed by atoms with Crippen molar-refractivity contribution in [3.8, 4) is 0 Å².